The molecule has 2 aromatic rings. The van der Waals surface area contributed by atoms with Crippen molar-refractivity contribution in [2.24, 2.45) is 0 Å². The van der Waals surface area contributed by atoms with Gasteiger partial charge in [0, 0.05) is 21.0 Å². The lowest BCUT2D eigenvalue weighted by Gasteiger charge is -2.08. The smallest absolute Gasteiger partial charge is 0.257 e. The molecule has 0 fully saturated rings. The highest BCUT2D eigenvalue weighted by molar-refractivity contribution is 7.99. The van der Waals surface area contributed by atoms with Crippen LogP contribution >= 0.6 is 23.4 Å². The summed E-state index contributed by atoms with van der Waals surface area (Å²) in [4.78, 5) is 13.4. The molecule has 1 heterocycles. The molecule has 20 heavy (non-hydrogen) atoms. The Balaban J connectivity index is 1.96. The average Bonchev–Trinajstić information content (AvgIpc) is 2.66. The van der Waals surface area contributed by atoms with E-state index in [-0.39, 0.29) is 0 Å². The van der Waals surface area contributed by atoms with Crippen LogP contribution in [-0.2, 0) is 4.79 Å². The highest BCUT2D eigenvalue weighted by Gasteiger charge is 2.29. The zero-order chi connectivity index (χ0) is 14.3. The van der Waals surface area contributed by atoms with Crippen molar-refractivity contribution < 1.29 is 9.90 Å². The molecule has 5 heteroatoms. The van der Waals surface area contributed by atoms with Gasteiger partial charge in [-0.15, -0.1) is 0 Å². The molecule has 1 atom stereocenters. The molecule has 0 aromatic heterocycles. The SMILES string of the molecule is Cc1cccc(Sc2cc3c(cc2Cl)C(O)C(=O)N3)c1. The summed E-state index contributed by atoms with van der Waals surface area (Å²) in [5, 5.41) is 12.9. The van der Waals surface area contributed by atoms with Gasteiger partial charge < -0.3 is 10.4 Å². The summed E-state index contributed by atoms with van der Waals surface area (Å²) in [5.74, 6) is -0.409. The van der Waals surface area contributed by atoms with Crippen molar-refractivity contribution in [3.05, 3.63) is 52.5 Å². The molecule has 0 saturated carbocycles. The van der Waals surface area contributed by atoms with Gasteiger partial charge in [0.2, 0.25) is 0 Å². The van der Waals surface area contributed by atoms with Crippen LogP contribution < -0.4 is 5.32 Å². The molecule has 3 rings (SSSR count). The van der Waals surface area contributed by atoms with Gasteiger partial charge in [0.25, 0.3) is 5.91 Å². The van der Waals surface area contributed by atoms with Crippen LogP contribution in [0.3, 0.4) is 0 Å². The number of carbonyl (C=O) groups excluding carboxylic acids is 1. The van der Waals surface area contributed by atoms with E-state index < -0.39 is 12.0 Å². The van der Waals surface area contributed by atoms with Crippen LogP contribution in [0, 0.1) is 6.92 Å². The number of hydrogen-bond donors (Lipinski definition) is 2. The van der Waals surface area contributed by atoms with Gasteiger partial charge in [-0.3, -0.25) is 4.79 Å². The topological polar surface area (TPSA) is 49.3 Å². The number of halogens is 1. The molecule has 2 N–H and O–H groups in total. The number of aliphatic hydroxyl groups is 1. The zero-order valence-electron chi connectivity index (χ0n) is 10.7. The number of fused-ring (bicyclic) bond motifs is 1. The van der Waals surface area contributed by atoms with Crippen molar-refractivity contribution in [3.8, 4) is 0 Å². The monoisotopic (exact) mass is 305 g/mol. The largest absolute Gasteiger partial charge is 0.378 e. The number of nitrogens with one attached hydrogen (secondary N) is 1. The van der Waals surface area contributed by atoms with Crippen molar-refractivity contribution >= 4 is 35.0 Å². The fraction of sp³-hybridized carbons (Fsp3) is 0.133. The second kappa shape index (κ2) is 5.13. The van der Waals surface area contributed by atoms with Gasteiger partial charge in [0.15, 0.2) is 6.10 Å². The van der Waals surface area contributed by atoms with Crippen molar-refractivity contribution in [3.63, 3.8) is 0 Å². The van der Waals surface area contributed by atoms with Crippen LogP contribution in [0.2, 0.25) is 5.02 Å². The fourth-order valence-corrected chi connectivity index (χ4v) is 3.40. The standard InChI is InChI=1S/C15H12ClNO2S/c1-8-3-2-4-9(5-8)20-13-7-12-10(6-11(13)16)14(18)15(19)17-12/h2-7,14,18H,1H3,(H,17,19). The number of hydrogen-bond acceptors (Lipinski definition) is 3. The molecule has 2 aromatic carbocycles. The second-order valence-corrected chi connectivity index (χ2v) is 6.20. The normalized spacial score (nSPS) is 16.9. The third-order valence-electron chi connectivity index (χ3n) is 3.12. The van der Waals surface area contributed by atoms with Crippen molar-refractivity contribution in [2.75, 3.05) is 5.32 Å². The molecule has 1 unspecified atom stereocenters. The first-order valence-electron chi connectivity index (χ1n) is 6.11. The van der Waals surface area contributed by atoms with Crippen LogP contribution in [0.25, 0.3) is 0 Å². The van der Waals surface area contributed by atoms with E-state index in [1.807, 2.05) is 25.1 Å². The number of aliphatic hydroxyl groups excluding tert-OH is 1. The third kappa shape index (κ3) is 2.42. The fourth-order valence-electron chi connectivity index (χ4n) is 2.13. The van der Waals surface area contributed by atoms with E-state index in [4.69, 9.17) is 11.6 Å². The Morgan fingerprint density at radius 1 is 1.30 bits per heavy atom. The molecule has 1 amide bonds. The van der Waals surface area contributed by atoms with Gasteiger partial charge >= 0.3 is 0 Å². The Hall–Kier alpha value is -1.49. The average molecular weight is 306 g/mol. The molecule has 1 aliphatic rings. The minimum atomic E-state index is -1.12. The Bertz CT molecular complexity index is 702. The molecule has 0 radical (unpaired) electrons. The van der Waals surface area contributed by atoms with Crippen molar-refractivity contribution in [2.45, 2.75) is 22.8 Å². The molecule has 0 bridgehead atoms. The lowest BCUT2D eigenvalue weighted by atomic mass is 10.1. The van der Waals surface area contributed by atoms with Gasteiger partial charge in [0.1, 0.15) is 0 Å². The first-order valence-corrected chi connectivity index (χ1v) is 7.31. The number of rotatable bonds is 2. The molecular formula is C15H12ClNO2S. The van der Waals surface area contributed by atoms with Crippen LogP contribution in [0.4, 0.5) is 5.69 Å². The van der Waals surface area contributed by atoms with Gasteiger partial charge in [-0.2, -0.15) is 0 Å². The summed E-state index contributed by atoms with van der Waals surface area (Å²) in [5.41, 5.74) is 2.34. The Morgan fingerprint density at radius 2 is 2.10 bits per heavy atom. The maximum Gasteiger partial charge on any atom is 0.257 e. The Labute approximate surface area is 126 Å². The quantitative estimate of drug-likeness (QED) is 0.887. The highest BCUT2D eigenvalue weighted by Crippen LogP contribution is 2.41. The Morgan fingerprint density at radius 3 is 2.85 bits per heavy atom. The second-order valence-electron chi connectivity index (χ2n) is 4.68. The van der Waals surface area contributed by atoms with E-state index >= 15 is 0 Å². The van der Waals surface area contributed by atoms with Gasteiger partial charge in [-0.1, -0.05) is 41.1 Å². The maximum atomic E-state index is 11.4. The third-order valence-corrected chi connectivity index (χ3v) is 4.59. The summed E-state index contributed by atoms with van der Waals surface area (Å²) < 4.78 is 0. The van der Waals surface area contributed by atoms with Gasteiger partial charge in [-0.25, -0.2) is 0 Å². The lowest BCUT2D eigenvalue weighted by Crippen LogP contribution is -2.10. The first kappa shape index (κ1) is 13.5. The van der Waals surface area contributed by atoms with Crippen LogP contribution in [-0.4, -0.2) is 11.0 Å². The van der Waals surface area contributed by atoms with Crippen LogP contribution in [0.1, 0.15) is 17.2 Å². The molecule has 102 valence electrons. The van der Waals surface area contributed by atoms with Crippen LogP contribution in [0.15, 0.2) is 46.2 Å². The number of amides is 1. The number of anilines is 1. The number of carbonyl (C=O) groups is 1. The minimum Gasteiger partial charge on any atom is -0.378 e. The summed E-state index contributed by atoms with van der Waals surface area (Å²) >= 11 is 7.77. The molecule has 3 nitrogen and oxygen atoms in total. The van der Waals surface area contributed by atoms with E-state index in [1.54, 1.807) is 12.1 Å². The van der Waals surface area contributed by atoms with Crippen molar-refractivity contribution in [1.82, 2.24) is 0 Å². The van der Waals surface area contributed by atoms with Crippen LogP contribution in [0.5, 0.6) is 0 Å². The van der Waals surface area contributed by atoms with Gasteiger partial charge in [-0.05, 0) is 31.2 Å². The Kier molecular flexibility index (Phi) is 3.46. The predicted octanol–water partition coefficient (Wildman–Crippen LogP) is 3.79. The molecule has 0 spiro atoms. The lowest BCUT2D eigenvalue weighted by molar-refractivity contribution is -0.123. The summed E-state index contributed by atoms with van der Waals surface area (Å²) in [7, 11) is 0. The van der Waals surface area contributed by atoms with E-state index in [0.29, 0.717) is 16.3 Å². The highest BCUT2D eigenvalue weighted by atomic mass is 35.5. The van der Waals surface area contributed by atoms with E-state index in [2.05, 4.69) is 11.4 Å². The first-order chi connectivity index (χ1) is 9.54. The zero-order valence-corrected chi connectivity index (χ0v) is 12.3. The van der Waals surface area contributed by atoms with Gasteiger partial charge in [0.05, 0.1) is 5.02 Å². The molecular weight excluding hydrogens is 294 g/mol. The van der Waals surface area contributed by atoms with E-state index in [1.165, 1.54) is 17.3 Å². The molecule has 0 aliphatic carbocycles. The molecule has 1 aliphatic heterocycles. The maximum absolute atomic E-state index is 11.4. The predicted molar refractivity (Wildman–Crippen MR) is 80.3 cm³/mol. The number of benzene rings is 2. The minimum absolute atomic E-state index is 0.409. The number of aryl methyl sites for hydroxylation is 1. The molecule has 0 saturated heterocycles. The summed E-state index contributed by atoms with van der Waals surface area (Å²) in [6, 6.07) is 11.6. The van der Waals surface area contributed by atoms with Crippen molar-refractivity contribution in [1.29, 1.82) is 0 Å². The van der Waals surface area contributed by atoms with E-state index in [0.717, 1.165) is 9.79 Å². The summed E-state index contributed by atoms with van der Waals surface area (Å²) in [6.45, 7) is 2.03. The summed E-state index contributed by atoms with van der Waals surface area (Å²) in [6.07, 6.45) is -1.12. The van der Waals surface area contributed by atoms with E-state index in [9.17, 15) is 9.90 Å².